The molecule has 8 heteroatoms. The first kappa shape index (κ1) is 66.4. The molecular weight excluding hydrogens is 941 g/mol. The second-order valence-electron chi connectivity index (χ2n) is 17.9. The Labute approximate surface area is 455 Å². The maximum absolute atomic E-state index is 11.2. The molecule has 0 unspecified atom stereocenters. The van der Waals surface area contributed by atoms with Crippen molar-refractivity contribution in [3.63, 3.8) is 0 Å². The number of imide groups is 2. The Morgan fingerprint density at radius 2 is 0.474 bits per heavy atom. The van der Waals surface area contributed by atoms with Crippen LogP contribution in [-0.4, -0.2) is 59.1 Å². The largest absolute Gasteiger partial charge is 0.300 e. The van der Waals surface area contributed by atoms with E-state index in [1.807, 2.05) is 13.8 Å². The highest BCUT2D eigenvalue weighted by molar-refractivity contribution is 6.52. The lowest BCUT2D eigenvalue weighted by atomic mass is 9.69. The first-order chi connectivity index (χ1) is 36.6. The van der Waals surface area contributed by atoms with Gasteiger partial charge < -0.3 is 9.59 Å². The van der Waals surface area contributed by atoms with E-state index in [2.05, 4.69) is 229 Å². The van der Waals surface area contributed by atoms with E-state index in [0.717, 1.165) is 29.1 Å². The molecule has 2 heterocycles. The molecule has 2 fully saturated rings. The zero-order valence-electron chi connectivity index (χ0n) is 47.7. The molecule has 1 spiro atoms. The van der Waals surface area contributed by atoms with E-state index < -0.39 is 29.0 Å². The number of rotatable bonds is 7. The van der Waals surface area contributed by atoms with E-state index in [1.165, 1.54) is 110 Å². The SMILES string of the molecule is CC.CC(C)=O.CCCCC.CCCCC.CCCCC(C)=O.CN1C(=O)C2(C1=O)C(=O)N(C)C2=O.c1ccc2ccccc2c1.c1ccc2ccccc2c1.c1ccc2ccccc2c1.c1ccc2ccccc2c1. The molecule has 2 aliphatic rings. The second-order valence-corrected chi connectivity index (χ2v) is 17.9. The van der Waals surface area contributed by atoms with Crippen LogP contribution in [0.1, 0.15) is 127 Å². The topological polar surface area (TPSA) is 109 Å². The zero-order valence-corrected chi connectivity index (χ0v) is 47.7. The Morgan fingerprint density at radius 1 is 0.329 bits per heavy atom. The fraction of sp³-hybridized carbons (Fsp3) is 0.324. The summed E-state index contributed by atoms with van der Waals surface area (Å²) in [6.07, 6.45) is 11.1. The number of ketones is 2. The normalized spacial score (nSPS) is 11.9. The maximum atomic E-state index is 11.2. The quantitative estimate of drug-likeness (QED) is 0.116. The van der Waals surface area contributed by atoms with Crippen molar-refractivity contribution in [3.8, 4) is 0 Å². The van der Waals surface area contributed by atoms with Crippen LogP contribution in [0.3, 0.4) is 0 Å². The summed E-state index contributed by atoms with van der Waals surface area (Å²) in [5, 5.41) is 10.5. The number of nitrogens with zero attached hydrogens (tertiary/aromatic N) is 2. The molecule has 0 radical (unpaired) electrons. The van der Waals surface area contributed by atoms with Crippen molar-refractivity contribution < 1.29 is 28.8 Å². The van der Waals surface area contributed by atoms with Gasteiger partial charge in [-0.25, -0.2) is 0 Å². The molecule has 8 nitrogen and oxygen atoms in total. The monoisotopic (exact) mass is 1030 g/mol. The van der Waals surface area contributed by atoms with Gasteiger partial charge in [-0.05, 0) is 70.3 Å². The van der Waals surface area contributed by atoms with Gasteiger partial charge in [0.1, 0.15) is 11.6 Å². The second kappa shape index (κ2) is 38.9. The molecule has 0 aliphatic carbocycles. The minimum absolute atomic E-state index is 0.167. The third kappa shape index (κ3) is 22.5. The number of fused-ring (bicyclic) bond motifs is 4. The van der Waals surface area contributed by atoms with E-state index in [9.17, 15) is 28.8 Å². The van der Waals surface area contributed by atoms with Gasteiger partial charge in [-0.3, -0.25) is 29.0 Å². The number of likely N-dealkylation sites (tertiary alicyclic amines) is 2. The number of hydrogen-bond donors (Lipinski definition) is 0. The molecular formula is C68H86N2O6. The van der Waals surface area contributed by atoms with Crippen LogP contribution in [0.25, 0.3) is 43.1 Å². The lowest BCUT2D eigenvalue weighted by Gasteiger charge is -2.50. The Hall–Kier alpha value is -7.58. The van der Waals surface area contributed by atoms with Crippen molar-refractivity contribution >= 4 is 78.3 Å². The molecule has 0 aromatic heterocycles. The Morgan fingerprint density at radius 3 is 0.566 bits per heavy atom. The van der Waals surface area contributed by atoms with Gasteiger partial charge in [-0.15, -0.1) is 0 Å². The predicted octanol–water partition coefficient (Wildman–Crippen LogP) is 17.1. The molecule has 0 N–H and O–H groups in total. The Balaban J connectivity index is 0.000000435. The van der Waals surface area contributed by atoms with Crippen LogP contribution in [0, 0.1) is 5.41 Å². The number of hydrogen-bond acceptors (Lipinski definition) is 6. The molecule has 8 aromatic rings. The number of Topliss-reactive ketones (excluding diaryl/α,β-unsaturated/α-hetero) is 2. The number of amides is 4. The van der Waals surface area contributed by atoms with Gasteiger partial charge in [0, 0.05) is 20.5 Å². The van der Waals surface area contributed by atoms with Crippen LogP contribution in [0.4, 0.5) is 0 Å². The molecule has 10 rings (SSSR count). The van der Waals surface area contributed by atoms with Crippen molar-refractivity contribution in [1.29, 1.82) is 0 Å². The lowest BCUT2D eigenvalue weighted by Crippen LogP contribution is -2.82. The van der Waals surface area contributed by atoms with Gasteiger partial charge in [0.25, 0.3) is 29.0 Å². The summed E-state index contributed by atoms with van der Waals surface area (Å²) in [7, 11) is 2.49. The van der Waals surface area contributed by atoms with Gasteiger partial charge in [-0.1, -0.05) is 288 Å². The predicted molar refractivity (Wildman–Crippen MR) is 322 cm³/mol. The summed E-state index contributed by atoms with van der Waals surface area (Å²) in [5.41, 5.74) is -1.98. The number of benzene rings is 8. The molecule has 404 valence electrons. The van der Waals surface area contributed by atoms with Crippen LogP contribution in [0.15, 0.2) is 194 Å². The smallest absolute Gasteiger partial charge is 0.284 e. The molecule has 2 saturated heterocycles. The number of unbranched alkanes of at least 4 members (excludes halogenated alkanes) is 5. The van der Waals surface area contributed by atoms with E-state index >= 15 is 0 Å². The number of carbonyl (C=O) groups excluding carboxylic acids is 6. The highest BCUT2D eigenvalue weighted by Crippen LogP contribution is 2.43. The lowest BCUT2D eigenvalue weighted by molar-refractivity contribution is -0.197. The van der Waals surface area contributed by atoms with Crippen LogP contribution in [0.2, 0.25) is 0 Å². The molecule has 8 aromatic carbocycles. The van der Waals surface area contributed by atoms with Crippen molar-refractivity contribution in [1.82, 2.24) is 9.80 Å². The van der Waals surface area contributed by atoms with Crippen molar-refractivity contribution in [3.05, 3.63) is 194 Å². The van der Waals surface area contributed by atoms with E-state index in [0.29, 0.717) is 5.78 Å². The van der Waals surface area contributed by atoms with Crippen LogP contribution in [-0.2, 0) is 28.8 Å². The van der Waals surface area contributed by atoms with Gasteiger partial charge in [0.05, 0.1) is 0 Å². The number of carbonyl (C=O) groups is 6. The minimum atomic E-state index is -1.98. The molecule has 0 atom stereocenters. The van der Waals surface area contributed by atoms with Gasteiger partial charge in [0.2, 0.25) is 0 Å². The van der Waals surface area contributed by atoms with Crippen molar-refractivity contribution in [2.24, 2.45) is 5.41 Å². The molecule has 76 heavy (non-hydrogen) atoms. The summed E-state index contributed by atoms with van der Waals surface area (Å²) in [6.45, 7) is 19.6. The fourth-order valence-electron chi connectivity index (χ4n) is 7.30. The standard InChI is InChI=1S/4C10H8.C7H6N2O4.C6H12O.2C5H12.C3H6O.C2H6/c4*1-2-6-10-8-4-3-7-9(10)5-1;1-8-3(10)7(4(8)11)5(12)9(2)6(7)13;1-3-4-5-6(2)7;2*1-3-5-4-2;1-3(2)4;1-2/h4*1-8H;1-2H3;3-5H2,1-2H3;2*3-5H2,1-2H3;1-2H3;1-2H3. The summed E-state index contributed by atoms with van der Waals surface area (Å²) >= 11 is 0. The van der Waals surface area contributed by atoms with E-state index in [1.54, 1.807) is 6.92 Å². The zero-order chi connectivity index (χ0) is 56.7. The highest BCUT2D eigenvalue weighted by Gasteiger charge is 2.78. The Bertz CT molecular complexity index is 2310. The molecule has 2 aliphatic heterocycles. The third-order valence-corrected chi connectivity index (χ3v) is 11.4. The summed E-state index contributed by atoms with van der Waals surface area (Å²) in [6, 6.07) is 66.9. The average molecular weight is 1030 g/mol. The van der Waals surface area contributed by atoms with Gasteiger partial charge in [-0.2, -0.15) is 0 Å². The minimum Gasteiger partial charge on any atom is -0.300 e. The maximum Gasteiger partial charge on any atom is 0.284 e. The van der Waals surface area contributed by atoms with E-state index in [-0.39, 0.29) is 5.78 Å². The summed E-state index contributed by atoms with van der Waals surface area (Å²) in [5.74, 6) is -2.39. The number of β-lactam (4-membered cyclic amide) rings is 4. The van der Waals surface area contributed by atoms with Gasteiger partial charge >= 0.3 is 0 Å². The van der Waals surface area contributed by atoms with Crippen molar-refractivity contribution in [2.45, 2.75) is 127 Å². The van der Waals surface area contributed by atoms with Crippen LogP contribution in [0.5, 0.6) is 0 Å². The van der Waals surface area contributed by atoms with Gasteiger partial charge in [0.15, 0.2) is 0 Å². The average Bonchev–Trinajstić information content (AvgIpc) is 3.46. The first-order valence-electron chi connectivity index (χ1n) is 27.0. The van der Waals surface area contributed by atoms with Crippen molar-refractivity contribution in [2.75, 3.05) is 14.1 Å². The Kier molecular flexibility index (Phi) is 34.0. The van der Waals surface area contributed by atoms with Crippen LogP contribution >= 0.6 is 0 Å². The van der Waals surface area contributed by atoms with Crippen LogP contribution < -0.4 is 0 Å². The first-order valence-corrected chi connectivity index (χ1v) is 27.0. The summed E-state index contributed by atoms with van der Waals surface area (Å²) in [4.78, 5) is 65.9. The fourth-order valence-corrected chi connectivity index (χ4v) is 7.30. The van der Waals surface area contributed by atoms with E-state index in [4.69, 9.17) is 0 Å². The molecule has 0 saturated carbocycles. The highest BCUT2D eigenvalue weighted by atomic mass is 16.2. The third-order valence-electron chi connectivity index (χ3n) is 11.4. The summed E-state index contributed by atoms with van der Waals surface area (Å²) < 4.78 is 0. The molecule has 0 bridgehead atoms. The molecule has 4 amide bonds.